The molecule has 4 heterocycles. The van der Waals surface area contributed by atoms with E-state index in [0.29, 0.717) is 12.0 Å². The third kappa shape index (κ3) is 3.36. The number of ether oxygens (including phenoxy) is 2. The molecule has 1 aromatic heterocycles. The summed E-state index contributed by atoms with van der Waals surface area (Å²) in [5.74, 6) is 1.45. The van der Waals surface area contributed by atoms with Gasteiger partial charge in [-0.05, 0) is 18.9 Å². The Bertz CT molecular complexity index is 464. The zero-order valence-electron chi connectivity index (χ0n) is 13.0. The second kappa shape index (κ2) is 6.93. The number of likely N-dealkylation sites (tertiary alicyclic amines) is 1. The Labute approximate surface area is 136 Å². The van der Waals surface area contributed by atoms with Crippen molar-refractivity contribution < 1.29 is 9.47 Å². The molecule has 3 aliphatic heterocycles. The van der Waals surface area contributed by atoms with Crippen molar-refractivity contribution in [1.82, 2.24) is 14.8 Å². The first-order valence-corrected chi connectivity index (χ1v) is 9.29. The normalized spacial score (nSPS) is 33.9. The van der Waals surface area contributed by atoms with Crippen LogP contribution in [0.1, 0.15) is 11.4 Å². The first-order valence-electron chi connectivity index (χ1n) is 8.41. The number of rotatable bonds is 4. The summed E-state index contributed by atoms with van der Waals surface area (Å²) in [5.41, 5.74) is 0. The largest absolute Gasteiger partial charge is 0.379 e. The summed E-state index contributed by atoms with van der Waals surface area (Å²) in [5, 5.41) is 3.31. The molecular weight excluding hydrogens is 298 g/mol. The fourth-order valence-corrected chi connectivity index (χ4v) is 4.65. The lowest BCUT2D eigenvalue weighted by Crippen LogP contribution is -2.47. The molecule has 0 bridgehead atoms. The molecule has 22 heavy (non-hydrogen) atoms. The van der Waals surface area contributed by atoms with Gasteiger partial charge in [0.15, 0.2) is 0 Å². The molecule has 0 saturated carbocycles. The molecule has 3 saturated heterocycles. The molecule has 0 aliphatic carbocycles. The third-order valence-corrected chi connectivity index (χ3v) is 6.04. The Balaban J connectivity index is 1.34. The Morgan fingerprint density at radius 3 is 2.95 bits per heavy atom. The molecule has 3 atom stereocenters. The lowest BCUT2D eigenvalue weighted by molar-refractivity contribution is -0.00494. The van der Waals surface area contributed by atoms with E-state index in [1.165, 1.54) is 24.5 Å². The lowest BCUT2D eigenvalue weighted by atomic mass is 9.84. The zero-order chi connectivity index (χ0) is 14.8. The first-order chi connectivity index (χ1) is 10.9. The number of hydrogen-bond donors (Lipinski definition) is 0. The molecule has 3 fully saturated rings. The topological polar surface area (TPSA) is 37.8 Å². The highest BCUT2D eigenvalue weighted by atomic mass is 32.1. The van der Waals surface area contributed by atoms with E-state index in [-0.39, 0.29) is 0 Å². The van der Waals surface area contributed by atoms with Crippen molar-refractivity contribution in [2.45, 2.75) is 19.1 Å². The number of thiazole rings is 1. The zero-order valence-corrected chi connectivity index (χ0v) is 13.8. The number of nitrogens with zero attached hydrogens (tertiary/aromatic N) is 3. The molecule has 0 amide bonds. The van der Waals surface area contributed by atoms with Crippen molar-refractivity contribution in [3.63, 3.8) is 0 Å². The van der Waals surface area contributed by atoms with E-state index in [9.17, 15) is 0 Å². The minimum atomic E-state index is 0.405. The second-order valence-electron chi connectivity index (χ2n) is 6.66. The van der Waals surface area contributed by atoms with Gasteiger partial charge in [-0.3, -0.25) is 9.80 Å². The summed E-state index contributed by atoms with van der Waals surface area (Å²) in [6.45, 7) is 9.26. The van der Waals surface area contributed by atoms with Gasteiger partial charge in [0.05, 0.1) is 32.5 Å². The molecular formula is C16H25N3O2S. The summed E-state index contributed by atoms with van der Waals surface area (Å²) in [4.78, 5) is 9.51. The van der Waals surface area contributed by atoms with Crippen LogP contribution in [-0.2, 0) is 16.0 Å². The molecule has 122 valence electrons. The van der Waals surface area contributed by atoms with Crippen LogP contribution < -0.4 is 0 Å². The maximum atomic E-state index is 6.16. The van der Waals surface area contributed by atoms with Gasteiger partial charge in [0.25, 0.3) is 0 Å². The van der Waals surface area contributed by atoms with Gasteiger partial charge in [-0.25, -0.2) is 4.98 Å². The summed E-state index contributed by atoms with van der Waals surface area (Å²) in [7, 11) is 0. The molecule has 0 aromatic carbocycles. The van der Waals surface area contributed by atoms with Gasteiger partial charge in [0.2, 0.25) is 0 Å². The number of morpholine rings is 1. The van der Waals surface area contributed by atoms with E-state index in [2.05, 4.69) is 20.2 Å². The Morgan fingerprint density at radius 2 is 2.14 bits per heavy atom. The van der Waals surface area contributed by atoms with E-state index in [4.69, 9.17) is 9.47 Å². The van der Waals surface area contributed by atoms with Gasteiger partial charge >= 0.3 is 0 Å². The number of piperidine rings is 1. The van der Waals surface area contributed by atoms with E-state index < -0.39 is 0 Å². The average molecular weight is 323 g/mol. The summed E-state index contributed by atoms with van der Waals surface area (Å²) in [6, 6.07) is 0. The van der Waals surface area contributed by atoms with Crippen molar-refractivity contribution in [1.29, 1.82) is 0 Å². The Kier molecular flexibility index (Phi) is 4.73. The summed E-state index contributed by atoms with van der Waals surface area (Å²) >= 11 is 1.76. The van der Waals surface area contributed by atoms with Crippen LogP contribution in [0.25, 0.3) is 0 Å². The number of aromatic nitrogens is 1. The van der Waals surface area contributed by atoms with Crippen LogP contribution in [0, 0.1) is 11.8 Å². The Hall–Kier alpha value is -0.530. The highest BCUT2D eigenvalue weighted by Crippen LogP contribution is 2.35. The SMILES string of the molecule is c1csc(CN2CC[C@H]3CO[C@H](CN4CCOCC4)[C@H]3C2)n1. The van der Waals surface area contributed by atoms with Crippen LogP contribution in [0.5, 0.6) is 0 Å². The third-order valence-electron chi connectivity index (χ3n) is 5.28. The molecule has 0 radical (unpaired) electrons. The predicted molar refractivity (Wildman–Crippen MR) is 86.0 cm³/mol. The smallest absolute Gasteiger partial charge is 0.107 e. The molecule has 6 heteroatoms. The maximum absolute atomic E-state index is 6.16. The van der Waals surface area contributed by atoms with Crippen LogP contribution in [-0.4, -0.2) is 73.4 Å². The standard InChI is InChI=1S/C16H25N3O2S/c1-3-19(11-16-17-2-8-22-16)9-14-13(1)12-21-15(14)10-18-4-6-20-7-5-18/h2,8,13-15H,1,3-7,9-12H2/t13-,14-,15+/m0/s1. The monoisotopic (exact) mass is 323 g/mol. The van der Waals surface area contributed by atoms with Crippen molar-refractivity contribution >= 4 is 11.3 Å². The highest BCUT2D eigenvalue weighted by molar-refractivity contribution is 7.09. The first kappa shape index (κ1) is 15.0. The lowest BCUT2D eigenvalue weighted by Gasteiger charge is -2.37. The average Bonchev–Trinajstić information content (AvgIpc) is 3.19. The molecule has 0 N–H and O–H groups in total. The molecule has 4 rings (SSSR count). The molecule has 3 aliphatic rings. The molecule has 1 aromatic rings. The summed E-state index contributed by atoms with van der Waals surface area (Å²) < 4.78 is 11.6. The van der Waals surface area contributed by atoms with Crippen LogP contribution in [0.2, 0.25) is 0 Å². The summed E-state index contributed by atoms with van der Waals surface area (Å²) in [6.07, 6.45) is 3.59. The van der Waals surface area contributed by atoms with Crippen molar-refractivity contribution in [3.8, 4) is 0 Å². The van der Waals surface area contributed by atoms with Crippen molar-refractivity contribution in [3.05, 3.63) is 16.6 Å². The van der Waals surface area contributed by atoms with Gasteiger partial charge < -0.3 is 9.47 Å². The minimum absolute atomic E-state index is 0.405. The van der Waals surface area contributed by atoms with Crippen LogP contribution in [0.4, 0.5) is 0 Å². The second-order valence-corrected chi connectivity index (χ2v) is 7.64. The fraction of sp³-hybridized carbons (Fsp3) is 0.812. The maximum Gasteiger partial charge on any atom is 0.107 e. The molecule has 0 unspecified atom stereocenters. The quantitative estimate of drug-likeness (QED) is 0.835. The van der Waals surface area contributed by atoms with Crippen LogP contribution in [0.3, 0.4) is 0 Å². The Morgan fingerprint density at radius 1 is 1.23 bits per heavy atom. The van der Waals surface area contributed by atoms with E-state index in [1.807, 2.05) is 6.20 Å². The molecule has 0 spiro atoms. The number of hydrogen-bond acceptors (Lipinski definition) is 6. The van der Waals surface area contributed by atoms with E-state index in [0.717, 1.165) is 51.9 Å². The van der Waals surface area contributed by atoms with Gasteiger partial charge in [0, 0.05) is 43.7 Å². The minimum Gasteiger partial charge on any atom is -0.379 e. The van der Waals surface area contributed by atoms with Gasteiger partial charge in [-0.2, -0.15) is 0 Å². The van der Waals surface area contributed by atoms with Crippen LogP contribution in [0.15, 0.2) is 11.6 Å². The van der Waals surface area contributed by atoms with Crippen LogP contribution >= 0.6 is 11.3 Å². The van der Waals surface area contributed by atoms with E-state index >= 15 is 0 Å². The molecule has 5 nitrogen and oxygen atoms in total. The number of fused-ring (bicyclic) bond motifs is 1. The van der Waals surface area contributed by atoms with Gasteiger partial charge in [-0.15, -0.1) is 11.3 Å². The van der Waals surface area contributed by atoms with Crippen molar-refractivity contribution in [2.75, 3.05) is 52.5 Å². The van der Waals surface area contributed by atoms with Gasteiger partial charge in [-0.1, -0.05) is 0 Å². The predicted octanol–water partition coefficient (Wildman–Crippen LogP) is 1.31. The highest BCUT2D eigenvalue weighted by Gasteiger charge is 2.41. The van der Waals surface area contributed by atoms with Gasteiger partial charge in [0.1, 0.15) is 5.01 Å². The van der Waals surface area contributed by atoms with Crippen molar-refractivity contribution in [2.24, 2.45) is 11.8 Å². The fourth-order valence-electron chi connectivity index (χ4n) is 3.99. The van der Waals surface area contributed by atoms with E-state index in [1.54, 1.807) is 11.3 Å².